The van der Waals surface area contributed by atoms with Gasteiger partial charge in [0.1, 0.15) is 0 Å². The van der Waals surface area contributed by atoms with Crippen LogP contribution in [0.4, 0.5) is 51.2 Å². The second kappa shape index (κ2) is 18.7. The van der Waals surface area contributed by atoms with E-state index in [1.807, 2.05) is 0 Å². The van der Waals surface area contributed by atoms with Gasteiger partial charge in [-0.15, -0.1) is 0 Å². The average Bonchev–Trinajstić information content (AvgIpc) is 3.70. The molecule has 0 saturated carbocycles. The van der Waals surface area contributed by atoms with E-state index < -0.39 is 0 Å². The number of benzene rings is 9. The van der Waals surface area contributed by atoms with Crippen molar-refractivity contribution in [2.24, 2.45) is 7.05 Å². The number of anilines is 9. The Kier molecular flexibility index (Phi) is 12.3. The molecule has 402 valence electrons. The molecule has 10 aromatic rings. The molecule has 3 heterocycles. The first-order chi connectivity index (χ1) is 37.8. The van der Waals surface area contributed by atoms with Crippen LogP contribution in [0.25, 0.3) is 32.9 Å². The van der Waals surface area contributed by atoms with Crippen molar-refractivity contribution in [2.75, 3.05) is 14.7 Å². The van der Waals surface area contributed by atoms with E-state index in [0.717, 1.165) is 28.4 Å². The van der Waals surface area contributed by atoms with Gasteiger partial charge in [-0.25, -0.2) is 0 Å². The predicted molar refractivity (Wildman–Crippen MR) is 348 cm³/mol. The molecule has 0 spiro atoms. The third-order valence-corrected chi connectivity index (χ3v) is 17.4. The highest BCUT2D eigenvalue weighted by Gasteiger charge is 2.45. The summed E-state index contributed by atoms with van der Waals surface area (Å²) in [6.07, 6.45) is 0. The Morgan fingerprint density at radius 3 is 1.27 bits per heavy atom. The summed E-state index contributed by atoms with van der Waals surface area (Å²) in [5, 5.41) is 2.45. The van der Waals surface area contributed by atoms with Gasteiger partial charge in [-0.3, -0.25) is 0 Å². The molecule has 0 saturated heterocycles. The number of fused-ring (bicyclic) bond motifs is 7. The SMILES string of the molecule is Cn1c2ccccc2c2c(N3c4ccc(C(C)(C)C)cc4B4c5cc(C(C)(C)C)ccc5N(c5ccc(C(C)(C)C)cc5)c5cc(-c6ccccc6)cc3c54)cc(N(c3ccc(C(C)(C)C)cc3)c3ccc(C(C)(C)C)cc3)cc21. The average molecular weight is 1050 g/mol. The molecule has 0 bridgehead atoms. The van der Waals surface area contributed by atoms with Crippen LogP contribution in [-0.2, 0) is 34.1 Å². The fraction of sp³-hybridized carbons (Fsp3) is 0.280. The van der Waals surface area contributed by atoms with E-state index in [-0.39, 0.29) is 33.8 Å². The number of hydrogen-bond acceptors (Lipinski definition) is 3. The first kappa shape index (κ1) is 52.9. The second-order valence-corrected chi connectivity index (χ2v) is 28.1. The molecule has 0 amide bonds. The smallest absolute Gasteiger partial charge is 0.252 e. The summed E-state index contributed by atoms with van der Waals surface area (Å²) in [5.41, 5.74) is 25.5. The standard InChI is InChI=1S/C75H79BN4/c1-71(2,3)50-26-34-55(35-27-50)78(56-36-28-51(29-37-56)72(4,5)6)58-46-65-69(59-24-20-21-25-62(59)77(65)16)66(47-58)80-64-41-33-54(75(13,14)15)45-61(64)76-60-44-53(74(10,11)12)32-40-63(60)79(57-38-30-52(31-39-57)73(7,8)9)67-42-49(43-68(80)70(67)76)48-22-18-17-19-23-48/h17-47H,1-16H3. The van der Waals surface area contributed by atoms with Gasteiger partial charge in [0.15, 0.2) is 0 Å². The molecule has 0 aliphatic carbocycles. The fourth-order valence-corrected chi connectivity index (χ4v) is 12.6. The highest BCUT2D eigenvalue weighted by atomic mass is 15.2. The molecule has 80 heavy (non-hydrogen) atoms. The van der Waals surface area contributed by atoms with Crippen LogP contribution in [0.3, 0.4) is 0 Å². The number of aromatic nitrogens is 1. The number of rotatable bonds is 6. The minimum absolute atomic E-state index is 0.00697. The van der Waals surface area contributed by atoms with E-state index in [9.17, 15) is 0 Å². The zero-order valence-electron chi connectivity index (χ0n) is 50.3. The molecule has 9 aromatic carbocycles. The van der Waals surface area contributed by atoms with Crippen LogP contribution in [0, 0.1) is 0 Å². The van der Waals surface area contributed by atoms with Crippen LogP contribution < -0.4 is 31.1 Å². The Hall–Kier alpha value is -7.76. The first-order valence-electron chi connectivity index (χ1n) is 29.0. The molecular weight excluding hydrogens is 968 g/mol. The summed E-state index contributed by atoms with van der Waals surface area (Å²) < 4.78 is 2.42. The maximum atomic E-state index is 2.67. The lowest BCUT2D eigenvalue weighted by atomic mass is 9.33. The van der Waals surface area contributed by atoms with Gasteiger partial charge < -0.3 is 19.3 Å². The largest absolute Gasteiger partial charge is 0.343 e. The molecule has 0 atom stereocenters. The van der Waals surface area contributed by atoms with Crippen molar-refractivity contribution in [3.63, 3.8) is 0 Å². The van der Waals surface area contributed by atoms with Crippen molar-refractivity contribution < 1.29 is 0 Å². The Labute approximate surface area is 477 Å². The monoisotopic (exact) mass is 1050 g/mol. The Bertz CT molecular complexity index is 3960. The van der Waals surface area contributed by atoms with E-state index in [1.165, 1.54) is 99.9 Å². The van der Waals surface area contributed by atoms with Gasteiger partial charge in [-0.05, 0) is 161 Å². The van der Waals surface area contributed by atoms with E-state index in [2.05, 4.69) is 318 Å². The number of nitrogens with zero attached hydrogens (tertiary/aromatic N) is 4. The molecule has 2 aliphatic heterocycles. The first-order valence-corrected chi connectivity index (χ1v) is 29.0. The number of aryl methyl sites for hydroxylation is 1. The van der Waals surface area contributed by atoms with Gasteiger partial charge in [-0.2, -0.15) is 0 Å². The lowest BCUT2D eigenvalue weighted by molar-refractivity contribution is 0.590. The van der Waals surface area contributed by atoms with Crippen LogP contribution in [-0.4, -0.2) is 11.3 Å². The summed E-state index contributed by atoms with van der Waals surface area (Å²) in [7, 11) is 2.25. The van der Waals surface area contributed by atoms with Gasteiger partial charge in [0, 0.05) is 63.1 Å². The highest BCUT2D eigenvalue weighted by Crippen LogP contribution is 2.52. The van der Waals surface area contributed by atoms with Crippen molar-refractivity contribution in [3.05, 3.63) is 216 Å². The zero-order valence-corrected chi connectivity index (χ0v) is 50.3. The van der Waals surface area contributed by atoms with Gasteiger partial charge in [0.05, 0.1) is 16.9 Å². The van der Waals surface area contributed by atoms with Crippen molar-refractivity contribution in [2.45, 2.75) is 131 Å². The Morgan fingerprint density at radius 1 is 0.338 bits per heavy atom. The molecule has 0 fully saturated rings. The molecule has 1 aromatic heterocycles. The van der Waals surface area contributed by atoms with Crippen molar-refractivity contribution in [1.82, 2.24) is 4.57 Å². The number of hydrogen-bond donors (Lipinski definition) is 0. The molecule has 12 rings (SSSR count). The van der Waals surface area contributed by atoms with Crippen molar-refractivity contribution in [3.8, 4) is 11.1 Å². The molecule has 0 radical (unpaired) electrons. The molecular formula is C75H79BN4. The van der Waals surface area contributed by atoms with Gasteiger partial charge in [-0.1, -0.05) is 213 Å². The zero-order chi connectivity index (χ0) is 56.6. The maximum absolute atomic E-state index is 2.67. The van der Waals surface area contributed by atoms with E-state index in [0.29, 0.717) is 0 Å². The topological polar surface area (TPSA) is 14.7 Å². The van der Waals surface area contributed by atoms with E-state index >= 15 is 0 Å². The second-order valence-electron chi connectivity index (χ2n) is 28.1. The molecule has 0 N–H and O–H groups in total. The van der Waals surface area contributed by atoms with Crippen molar-refractivity contribution in [1.29, 1.82) is 0 Å². The van der Waals surface area contributed by atoms with Crippen LogP contribution >= 0.6 is 0 Å². The summed E-state index contributed by atoms with van der Waals surface area (Å²) in [4.78, 5) is 7.74. The van der Waals surface area contributed by atoms with E-state index in [4.69, 9.17) is 0 Å². The third kappa shape index (κ3) is 9.02. The fourth-order valence-electron chi connectivity index (χ4n) is 12.6. The van der Waals surface area contributed by atoms with Crippen LogP contribution in [0.2, 0.25) is 0 Å². The van der Waals surface area contributed by atoms with Gasteiger partial charge >= 0.3 is 0 Å². The summed E-state index contributed by atoms with van der Waals surface area (Å²) >= 11 is 0. The van der Waals surface area contributed by atoms with Crippen LogP contribution in [0.1, 0.15) is 132 Å². The van der Waals surface area contributed by atoms with Crippen LogP contribution in [0.15, 0.2) is 188 Å². The maximum Gasteiger partial charge on any atom is 0.252 e. The highest BCUT2D eigenvalue weighted by molar-refractivity contribution is 7.00. The molecule has 2 aliphatic rings. The van der Waals surface area contributed by atoms with E-state index in [1.54, 1.807) is 0 Å². The minimum Gasteiger partial charge on any atom is -0.343 e. The van der Waals surface area contributed by atoms with Crippen molar-refractivity contribution >= 4 is 96.1 Å². The number of para-hydroxylation sites is 1. The predicted octanol–water partition coefficient (Wildman–Crippen LogP) is 19.0. The molecule has 4 nitrogen and oxygen atoms in total. The minimum atomic E-state index is -0.0971. The summed E-state index contributed by atoms with van der Waals surface area (Å²) in [6, 6.07) is 72.7. The quantitative estimate of drug-likeness (QED) is 0.154. The Morgan fingerprint density at radius 2 is 0.775 bits per heavy atom. The normalized spacial score (nSPS) is 13.7. The lowest BCUT2D eigenvalue weighted by Gasteiger charge is -2.45. The Balaban J connectivity index is 1.23. The van der Waals surface area contributed by atoms with Crippen LogP contribution in [0.5, 0.6) is 0 Å². The molecule has 5 heteroatoms. The summed E-state index contributed by atoms with van der Waals surface area (Å²) in [5.74, 6) is 0. The van der Waals surface area contributed by atoms with Gasteiger partial charge in [0.25, 0.3) is 6.71 Å². The summed E-state index contributed by atoms with van der Waals surface area (Å²) in [6.45, 7) is 34.8. The lowest BCUT2D eigenvalue weighted by Crippen LogP contribution is -2.61. The van der Waals surface area contributed by atoms with Gasteiger partial charge in [0.2, 0.25) is 0 Å². The molecule has 0 unspecified atom stereocenters. The third-order valence-electron chi connectivity index (χ3n) is 17.4.